The van der Waals surface area contributed by atoms with Gasteiger partial charge in [-0.3, -0.25) is 0 Å². The number of aryl methyl sites for hydroxylation is 1. The van der Waals surface area contributed by atoms with Gasteiger partial charge >= 0.3 is 0 Å². The first-order chi connectivity index (χ1) is 12.3. The molecular weight excluding hydrogens is 374 g/mol. The Morgan fingerprint density at radius 3 is 2.31 bits per heavy atom. The number of aromatic nitrogens is 3. The fourth-order valence-corrected chi connectivity index (χ4v) is 3.31. The van der Waals surface area contributed by atoms with E-state index in [0.29, 0.717) is 22.3 Å². The molecule has 0 aliphatic rings. The third-order valence-electron chi connectivity index (χ3n) is 3.42. The maximum absolute atomic E-state index is 12.1. The summed E-state index contributed by atoms with van der Waals surface area (Å²) in [6.07, 6.45) is 0. The molecule has 140 valence electrons. The van der Waals surface area contributed by atoms with E-state index in [9.17, 15) is 8.42 Å². The van der Waals surface area contributed by atoms with Crippen LogP contribution in [-0.2, 0) is 10.0 Å². The van der Waals surface area contributed by atoms with Crippen molar-refractivity contribution >= 4 is 38.8 Å². The van der Waals surface area contributed by atoms with E-state index in [-0.39, 0.29) is 4.90 Å². The molecule has 0 spiro atoms. The van der Waals surface area contributed by atoms with Gasteiger partial charge in [0, 0.05) is 31.9 Å². The van der Waals surface area contributed by atoms with Crippen molar-refractivity contribution in [1.29, 1.82) is 0 Å². The van der Waals surface area contributed by atoms with Crippen molar-refractivity contribution in [2.75, 3.05) is 19.4 Å². The van der Waals surface area contributed by atoms with Gasteiger partial charge in [-0.15, -0.1) is 0 Å². The molecule has 3 rings (SSSR count). The molecule has 0 saturated carbocycles. The van der Waals surface area contributed by atoms with Crippen LogP contribution in [0.3, 0.4) is 0 Å². The first-order valence-electron chi connectivity index (χ1n) is 8.10. The van der Waals surface area contributed by atoms with Crippen LogP contribution in [0.2, 0.25) is 5.15 Å². The van der Waals surface area contributed by atoms with Crippen LogP contribution in [0.1, 0.15) is 19.5 Å². The first kappa shape index (κ1) is 20.2. The van der Waals surface area contributed by atoms with E-state index in [1.165, 1.54) is 18.4 Å². The fourth-order valence-electron chi connectivity index (χ4n) is 2.22. The Labute approximate surface area is 158 Å². The molecule has 0 fully saturated rings. The zero-order valence-electron chi connectivity index (χ0n) is 15.4. The second-order valence-electron chi connectivity index (χ2n) is 5.46. The van der Waals surface area contributed by atoms with Gasteiger partial charge in [0.25, 0.3) is 0 Å². The average molecular weight is 396 g/mol. The van der Waals surface area contributed by atoms with Crippen LogP contribution in [-0.4, -0.2) is 41.4 Å². The molecule has 0 radical (unpaired) electrons. The van der Waals surface area contributed by atoms with Crippen molar-refractivity contribution in [2.24, 2.45) is 0 Å². The number of nitrogens with one attached hydrogen (secondary N) is 1. The van der Waals surface area contributed by atoms with Crippen molar-refractivity contribution in [3.05, 3.63) is 47.2 Å². The highest BCUT2D eigenvalue weighted by Crippen LogP contribution is 2.23. The van der Waals surface area contributed by atoms with Crippen molar-refractivity contribution in [2.45, 2.75) is 25.7 Å². The van der Waals surface area contributed by atoms with Crippen molar-refractivity contribution < 1.29 is 8.42 Å². The van der Waals surface area contributed by atoms with Crippen LogP contribution in [0.25, 0.3) is 5.65 Å². The highest BCUT2D eigenvalue weighted by Gasteiger charge is 2.16. The number of hydrogen-bond donors (Lipinski definition) is 1. The monoisotopic (exact) mass is 395 g/mol. The van der Waals surface area contributed by atoms with E-state index in [0.717, 1.165) is 5.69 Å². The molecule has 9 heteroatoms. The summed E-state index contributed by atoms with van der Waals surface area (Å²) in [4.78, 5) is 4.43. The molecule has 2 heterocycles. The molecule has 0 atom stereocenters. The Morgan fingerprint density at radius 1 is 1.12 bits per heavy atom. The van der Waals surface area contributed by atoms with Gasteiger partial charge in [0.1, 0.15) is 11.0 Å². The number of benzene rings is 1. The van der Waals surface area contributed by atoms with Gasteiger partial charge in [-0.25, -0.2) is 17.7 Å². The summed E-state index contributed by atoms with van der Waals surface area (Å²) in [5.41, 5.74) is 2.17. The number of hydrogen-bond acceptors (Lipinski definition) is 5. The Kier molecular flexibility index (Phi) is 6.22. The minimum Gasteiger partial charge on any atom is -0.340 e. The lowest BCUT2D eigenvalue weighted by atomic mass is 10.3. The number of halogens is 1. The van der Waals surface area contributed by atoms with Crippen LogP contribution < -0.4 is 5.32 Å². The van der Waals surface area contributed by atoms with E-state index in [1.807, 2.05) is 26.8 Å². The molecule has 2 aromatic heterocycles. The summed E-state index contributed by atoms with van der Waals surface area (Å²) >= 11 is 6.04. The topological polar surface area (TPSA) is 79.6 Å². The number of sulfonamides is 1. The van der Waals surface area contributed by atoms with Crippen LogP contribution in [0.4, 0.5) is 11.5 Å². The molecule has 0 saturated heterocycles. The number of anilines is 2. The molecule has 0 bridgehead atoms. The highest BCUT2D eigenvalue weighted by atomic mass is 35.5. The van der Waals surface area contributed by atoms with Crippen molar-refractivity contribution in [3.63, 3.8) is 0 Å². The van der Waals surface area contributed by atoms with Gasteiger partial charge in [-0.1, -0.05) is 25.4 Å². The number of rotatable bonds is 4. The largest absolute Gasteiger partial charge is 0.340 e. The Balaban J connectivity index is 0.00000117. The standard InChI is InChI=1S/C15H16ClN5O2S.C2H6/c1-10-8-14-18-13(16)9-15(21(14)19-10)17-11-4-6-12(7-5-11)24(22,23)20(2)3;1-2/h4-9,17H,1-3H3;1-2H3. The predicted molar refractivity (Wildman–Crippen MR) is 105 cm³/mol. The SMILES string of the molecule is CC.Cc1cc2nc(Cl)cc(Nc3ccc(S(=O)(=O)N(C)C)cc3)n2n1. The van der Waals surface area contributed by atoms with Crippen LogP contribution >= 0.6 is 11.6 Å². The molecule has 0 amide bonds. The van der Waals surface area contributed by atoms with Gasteiger partial charge in [0.2, 0.25) is 10.0 Å². The highest BCUT2D eigenvalue weighted by molar-refractivity contribution is 7.89. The molecule has 26 heavy (non-hydrogen) atoms. The van der Waals surface area contributed by atoms with Gasteiger partial charge in [0.15, 0.2) is 5.65 Å². The molecule has 1 N–H and O–H groups in total. The fraction of sp³-hybridized carbons (Fsp3) is 0.294. The third kappa shape index (κ3) is 4.14. The van der Waals surface area contributed by atoms with Gasteiger partial charge < -0.3 is 5.32 Å². The Morgan fingerprint density at radius 2 is 1.73 bits per heavy atom. The second kappa shape index (κ2) is 8.03. The molecular formula is C17H22ClN5O2S. The quantitative estimate of drug-likeness (QED) is 0.681. The summed E-state index contributed by atoms with van der Waals surface area (Å²) in [5.74, 6) is 0.640. The summed E-state index contributed by atoms with van der Waals surface area (Å²) in [5, 5.41) is 7.88. The van der Waals surface area contributed by atoms with Crippen LogP contribution in [0.15, 0.2) is 41.3 Å². The lowest BCUT2D eigenvalue weighted by Gasteiger charge is -2.12. The van der Waals surface area contributed by atoms with Crippen LogP contribution in [0, 0.1) is 6.92 Å². The molecule has 0 unspecified atom stereocenters. The summed E-state index contributed by atoms with van der Waals surface area (Å²) < 4.78 is 27.0. The second-order valence-corrected chi connectivity index (χ2v) is 8.00. The molecule has 7 nitrogen and oxygen atoms in total. The van der Waals surface area contributed by atoms with Crippen molar-refractivity contribution in [1.82, 2.24) is 18.9 Å². The minimum atomic E-state index is -3.45. The lowest BCUT2D eigenvalue weighted by molar-refractivity contribution is 0.521. The van der Waals surface area contributed by atoms with Gasteiger partial charge in [0.05, 0.1) is 10.6 Å². The third-order valence-corrected chi connectivity index (χ3v) is 5.45. The van der Waals surface area contributed by atoms with Crippen molar-refractivity contribution in [3.8, 4) is 0 Å². The van der Waals surface area contributed by atoms with Gasteiger partial charge in [-0.2, -0.15) is 9.61 Å². The Bertz CT molecular complexity index is 998. The van der Waals surface area contributed by atoms with E-state index >= 15 is 0 Å². The summed E-state index contributed by atoms with van der Waals surface area (Å²) in [6.45, 7) is 5.87. The van der Waals surface area contributed by atoms with E-state index in [1.54, 1.807) is 34.8 Å². The molecule has 1 aromatic carbocycles. The molecule has 0 aliphatic heterocycles. The maximum atomic E-state index is 12.1. The smallest absolute Gasteiger partial charge is 0.242 e. The van der Waals surface area contributed by atoms with Crippen LogP contribution in [0.5, 0.6) is 0 Å². The molecule has 0 aliphatic carbocycles. The first-order valence-corrected chi connectivity index (χ1v) is 9.92. The predicted octanol–water partition coefficient (Wildman–Crippen LogP) is 3.71. The molecule has 3 aromatic rings. The minimum absolute atomic E-state index is 0.228. The van der Waals surface area contributed by atoms with E-state index in [4.69, 9.17) is 11.6 Å². The average Bonchev–Trinajstić information content (AvgIpc) is 2.97. The summed E-state index contributed by atoms with van der Waals surface area (Å²) in [7, 11) is -0.453. The lowest BCUT2D eigenvalue weighted by Crippen LogP contribution is -2.22. The van der Waals surface area contributed by atoms with E-state index < -0.39 is 10.0 Å². The zero-order chi connectivity index (χ0) is 19.5. The number of fused-ring (bicyclic) bond motifs is 1. The summed E-state index contributed by atoms with van der Waals surface area (Å²) in [6, 6.07) is 9.95. The maximum Gasteiger partial charge on any atom is 0.242 e. The van der Waals surface area contributed by atoms with E-state index in [2.05, 4.69) is 15.4 Å². The number of nitrogens with zero attached hydrogens (tertiary/aromatic N) is 4. The van der Waals surface area contributed by atoms with Gasteiger partial charge in [-0.05, 0) is 31.2 Å². The Hall–Kier alpha value is -2.16. The zero-order valence-corrected chi connectivity index (χ0v) is 16.9. The normalized spacial score (nSPS) is 11.3.